The number of allylic oxidation sites excluding steroid dienone is 10. The number of hydrogen-bond acceptors (Lipinski definition) is 2. The van der Waals surface area contributed by atoms with E-state index < -0.39 is 0 Å². The number of hydrogen-bond donors (Lipinski definition) is 0. The SMILES string of the molecule is C1#CC/C(N(c2ccc(C3=CCCC=C3)cc2)c2ccc(C3=CC4c5ccccc5N(c5ccccc5)C4C=C3)cc2)=C\C=C(\c2ccccc2)C1. The summed E-state index contributed by atoms with van der Waals surface area (Å²) in [5.74, 6) is 7.22. The fourth-order valence-corrected chi connectivity index (χ4v) is 7.98. The van der Waals surface area contributed by atoms with Gasteiger partial charge in [-0.25, -0.2) is 0 Å². The van der Waals surface area contributed by atoms with E-state index in [0.29, 0.717) is 6.42 Å². The maximum absolute atomic E-state index is 3.49. The second-order valence-corrected chi connectivity index (χ2v) is 13.8. The molecule has 1 aliphatic heterocycles. The number of para-hydroxylation sites is 2. The summed E-state index contributed by atoms with van der Waals surface area (Å²) < 4.78 is 0. The van der Waals surface area contributed by atoms with Crippen molar-refractivity contribution in [1.29, 1.82) is 0 Å². The van der Waals surface area contributed by atoms with Crippen molar-refractivity contribution in [3.05, 3.63) is 210 Å². The zero-order chi connectivity index (χ0) is 34.7. The van der Waals surface area contributed by atoms with Gasteiger partial charge in [0, 0.05) is 47.2 Å². The smallest absolute Gasteiger partial charge is 0.0630 e. The molecule has 0 spiro atoms. The van der Waals surface area contributed by atoms with E-state index in [0.717, 1.165) is 36.3 Å². The molecule has 2 nitrogen and oxygen atoms in total. The molecule has 1 heterocycles. The molecule has 3 aliphatic carbocycles. The van der Waals surface area contributed by atoms with E-state index in [9.17, 15) is 0 Å². The first-order chi connectivity index (χ1) is 25.8. The van der Waals surface area contributed by atoms with Crippen LogP contribution in [0.15, 0.2) is 188 Å². The molecule has 0 N–H and O–H groups in total. The van der Waals surface area contributed by atoms with Crippen LogP contribution in [0, 0.1) is 11.8 Å². The van der Waals surface area contributed by atoms with Crippen LogP contribution in [-0.2, 0) is 0 Å². The highest BCUT2D eigenvalue weighted by atomic mass is 15.2. The lowest BCUT2D eigenvalue weighted by atomic mass is 9.86. The third kappa shape index (κ3) is 6.16. The Morgan fingerprint density at radius 2 is 1.25 bits per heavy atom. The molecule has 2 unspecified atom stereocenters. The molecule has 0 fully saturated rings. The number of rotatable bonds is 7. The molecular formula is C50H40N2. The van der Waals surface area contributed by atoms with E-state index in [1.807, 2.05) is 0 Å². The van der Waals surface area contributed by atoms with E-state index in [2.05, 4.69) is 204 Å². The van der Waals surface area contributed by atoms with Crippen LogP contribution in [-0.4, -0.2) is 6.04 Å². The molecule has 0 radical (unpaired) electrons. The standard InChI is InChI=1S/C50H40N2/c1-4-14-37(15-5-1)39-18-10-11-21-44(30-24-39)51(45-31-25-40(26-32-45)38-16-6-2-7-17-38)46-33-27-41(28-34-46)42-29-35-50-48(36-42)47-22-12-13-23-49(47)52(50)43-19-8-3-9-20-43/h1,3-6,8-9,12-17,19-20,22-36,48,50H,2,7,18,21H2/b39-24+,44-30+. The minimum atomic E-state index is 0.252. The highest BCUT2D eigenvalue weighted by Crippen LogP contribution is 2.49. The molecule has 2 heteroatoms. The van der Waals surface area contributed by atoms with Crippen LogP contribution in [0.4, 0.5) is 22.7 Å². The van der Waals surface area contributed by atoms with Crippen LogP contribution in [0.25, 0.3) is 16.7 Å². The highest BCUT2D eigenvalue weighted by molar-refractivity contribution is 5.84. The maximum atomic E-state index is 3.49. The Kier molecular flexibility index (Phi) is 8.61. The van der Waals surface area contributed by atoms with Crippen LogP contribution in [0.3, 0.4) is 0 Å². The Morgan fingerprint density at radius 3 is 1.98 bits per heavy atom. The van der Waals surface area contributed by atoms with Gasteiger partial charge < -0.3 is 9.80 Å². The van der Waals surface area contributed by atoms with Crippen LogP contribution < -0.4 is 9.80 Å². The summed E-state index contributed by atoms with van der Waals surface area (Å²) in [5, 5.41) is 0. The van der Waals surface area contributed by atoms with Gasteiger partial charge in [-0.2, -0.15) is 0 Å². The number of nitrogens with zero attached hydrogens (tertiary/aromatic N) is 2. The number of anilines is 4. The minimum Gasteiger partial charge on any atom is -0.333 e. The van der Waals surface area contributed by atoms with Gasteiger partial charge in [0.15, 0.2) is 0 Å². The Morgan fingerprint density at radius 1 is 0.577 bits per heavy atom. The first kappa shape index (κ1) is 31.7. The van der Waals surface area contributed by atoms with Crippen LogP contribution >= 0.6 is 0 Å². The molecule has 0 aromatic heterocycles. The largest absolute Gasteiger partial charge is 0.333 e. The highest BCUT2D eigenvalue weighted by Gasteiger charge is 2.38. The van der Waals surface area contributed by atoms with Crippen molar-refractivity contribution in [2.75, 3.05) is 9.80 Å². The van der Waals surface area contributed by atoms with Crippen molar-refractivity contribution >= 4 is 39.5 Å². The molecule has 52 heavy (non-hydrogen) atoms. The second-order valence-electron chi connectivity index (χ2n) is 13.8. The van der Waals surface area contributed by atoms with E-state index in [1.165, 1.54) is 50.3 Å². The van der Waals surface area contributed by atoms with Crippen LogP contribution in [0.1, 0.15) is 53.9 Å². The van der Waals surface area contributed by atoms with Gasteiger partial charge in [-0.15, -0.1) is 0 Å². The second kappa shape index (κ2) is 14.1. The van der Waals surface area contributed by atoms with Gasteiger partial charge >= 0.3 is 0 Å². The zero-order valence-corrected chi connectivity index (χ0v) is 29.2. The van der Waals surface area contributed by atoms with Crippen LogP contribution in [0.5, 0.6) is 0 Å². The predicted octanol–water partition coefficient (Wildman–Crippen LogP) is 12.6. The monoisotopic (exact) mass is 668 g/mol. The van der Waals surface area contributed by atoms with Crippen molar-refractivity contribution < 1.29 is 0 Å². The summed E-state index contributed by atoms with van der Waals surface area (Å²) in [6.45, 7) is 0. The molecular weight excluding hydrogens is 629 g/mol. The van der Waals surface area contributed by atoms with Gasteiger partial charge in [0.05, 0.1) is 6.04 Å². The Labute approximate surface area is 307 Å². The molecule has 0 amide bonds. The average Bonchev–Trinajstić information content (AvgIpc) is 3.54. The summed E-state index contributed by atoms with van der Waals surface area (Å²) in [6, 6.07) is 48.6. The first-order valence-electron chi connectivity index (χ1n) is 18.4. The summed E-state index contributed by atoms with van der Waals surface area (Å²) >= 11 is 0. The summed E-state index contributed by atoms with van der Waals surface area (Å²) in [5.41, 5.74) is 14.8. The van der Waals surface area contributed by atoms with E-state index >= 15 is 0 Å². The van der Waals surface area contributed by atoms with Gasteiger partial charge in [0.2, 0.25) is 0 Å². The molecule has 5 aromatic rings. The lowest BCUT2D eigenvalue weighted by Gasteiger charge is -2.30. The topological polar surface area (TPSA) is 6.48 Å². The molecule has 0 saturated heterocycles. The quantitative estimate of drug-likeness (QED) is 0.159. The molecule has 5 aromatic carbocycles. The molecule has 9 rings (SSSR count). The van der Waals surface area contributed by atoms with E-state index in [1.54, 1.807) is 0 Å². The van der Waals surface area contributed by atoms with Crippen LogP contribution in [0.2, 0.25) is 0 Å². The normalized spacial score (nSPS) is 20.7. The van der Waals surface area contributed by atoms with Crippen molar-refractivity contribution in [2.24, 2.45) is 0 Å². The van der Waals surface area contributed by atoms with Gasteiger partial charge in [0.25, 0.3) is 0 Å². The maximum Gasteiger partial charge on any atom is 0.0630 e. The average molecular weight is 669 g/mol. The summed E-state index contributed by atoms with van der Waals surface area (Å²) in [6.07, 6.45) is 22.2. The number of fused-ring (bicyclic) bond motifs is 3. The summed E-state index contributed by atoms with van der Waals surface area (Å²) in [7, 11) is 0. The van der Waals surface area contributed by atoms with Gasteiger partial charge in [0.1, 0.15) is 0 Å². The first-order valence-corrected chi connectivity index (χ1v) is 18.4. The molecule has 250 valence electrons. The van der Waals surface area contributed by atoms with Crippen molar-refractivity contribution in [2.45, 2.75) is 37.6 Å². The lowest BCUT2D eigenvalue weighted by Crippen LogP contribution is -2.28. The lowest BCUT2D eigenvalue weighted by molar-refractivity contribution is 0.747. The predicted molar refractivity (Wildman–Crippen MR) is 220 cm³/mol. The molecule has 0 saturated carbocycles. The Balaban J connectivity index is 1.06. The number of benzene rings is 5. The van der Waals surface area contributed by atoms with E-state index in [4.69, 9.17) is 0 Å². The fourth-order valence-electron chi connectivity index (χ4n) is 7.98. The third-order valence-corrected chi connectivity index (χ3v) is 10.6. The zero-order valence-electron chi connectivity index (χ0n) is 29.2. The van der Waals surface area contributed by atoms with Gasteiger partial charge in [-0.3, -0.25) is 0 Å². The molecule has 2 atom stereocenters. The van der Waals surface area contributed by atoms with Crippen molar-refractivity contribution in [3.63, 3.8) is 0 Å². The van der Waals surface area contributed by atoms with E-state index in [-0.39, 0.29) is 12.0 Å². The van der Waals surface area contributed by atoms with Gasteiger partial charge in [-0.1, -0.05) is 145 Å². The summed E-state index contributed by atoms with van der Waals surface area (Å²) in [4.78, 5) is 4.87. The Bertz CT molecular complexity index is 2340. The Hall–Kier alpha value is -6.30. The fraction of sp³-hybridized carbons (Fsp3) is 0.120. The minimum absolute atomic E-state index is 0.252. The molecule has 4 aliphatic rings. The molecule has 0 bridgehead atoms. The van der Waals surface area contributed by atoms with Crippen molar-refractivity contribution in [3.8, 4) is 11.8 Å². The van der Waals surface area contributed by atoms with Gasteiger partial charge in [-0.05, 0) is 100 Å². The third-order valence-electron chi connectivity index (χ3n) is 10.6. The van der Waals surface area contributed by atoms with Crippen molar-refractivity contribution in [1.82, 2.24) is 0 Å².